The Morgan fingerprint density at radius 3 is 2.62 bits per heavy atom. The molecule has 4 N–H and O–H groups in total. The minimum atomic E-state index is -0.594. The van der Waals surface area contributed by atoms with Crippen molar-refractivity contribution in [2.24, 2.45) is 5.73 Å². The van der Waals surface area contributed by atoms with Crippen LogP contribution in [0, 0.1) is 0 Å². The molecule has 0 aliphatic heterocycles. The van der Waals surface area contributed by atoms with Gasteiger partial charge in [-0.05, 0) is 24.3 Å². The van der Waals surface area contributed by atoms with E-state index in [-0.39, 0.29) is 11.5 Å². The van der Waals surface area contributed by atoms with E-state index in [9.17, 15) is 9.59 Å². The predicted octanol–water partition coefficient (Wildman–Crippen LogP) is 1.91. The molecular formula is C15H12N4O2. The van der Waals surface area contributed by atoms with Gasteiger partial charge in [-0.1, -0.05) is 18.2 Å². The summed E-state index contributed by atoms with van der Waals surface area (Å²) in [7, 11) is 0. The number of amides is 2. The average molecular weight is 280 g/mol. The van der Waals surface area contributed by atoms with Gasteiger partial charge in [0, 0.05) is 0 Å². The lowest BCUT2D eigenvalue weighted by molar-refractivity contribution is 0.100. The van der Waals surface area contributed by atoms with E-state index in [1.54, 1.807) is 36.4 Å². The van der Waals surface area contributed by atoms with E-state index in [0.717, 1.165) is 5.52 Å². The number of benzene rings is 2. The zero-order chi connectivity index (χ0) is 14.8. The van der Waals surface area contributed by atoms with Crippen LogP contribution in [-0.2, 0) is 0 Å². The number of aromatic nitrogens is 2. The van der Waals surface area contributed by atoms with E-state index in [1.165, 1.54) is 6.33 Å². The highest BCUT2D eigenvalue weighted by Gasteiger charge is 2.14. The van der Waals surface area contributed by atoms with E-state index in [0.29, 0.717) is 16.8 Å². The molecule has 0 bridgehead atoms. The lowest BCUT2D eigenvalue weighted by atomic mass is 10.1. The van der Waals surface area contributed by atoms with Gasteiger partial charge in [-0.3, -0.25) is 9.59 Å². The summed E-state index contributed by atoms with van der Waals surface area (Å²) in [4.78, 5) is 30.8. The molecule has 0 aliphatic carbocycles. The van der Waals surface area contributed by atoms with Gasteiger partial charge in [0.25, 0.3) is 11.8 Å². The molecule has 21 heavy (non-hydrogen) atoms. The fourth-order valence-corrected chi connectivity index (χ4v) is 2.15. The normalized spacial score (nSPS) is 10.5. The lowest BCUT2D eigenvalue weighted by Crippen LogP contribution is -2.18. The van der Waals surface area contributed by atoms with Crippen LogP contribution in [0.3, 0.4) is 0 Å². The number of para-hydroxylation sites is 2. The number of hydrogen-bond acceptors (Lipinski definition) is 3. The zero-order valence-corrected chi connectivity index (χ0v) is 11.0. The summed E-state index contributed by atoms with van der Waals surface area (Å²) >= 11 is 0. The number of carbonyl (C=O) groups is 2. The summed E-state index contributed by atoms with van der Waals surface area (Å²) in [6, 6.07) is 11.9. The summed E-state index contributed by atoms with van der Waals surface area (Å²) < 4.78 is 0. The van der Waals surface area contributed by atoms with Crippen molar-refractivity contribution in [2.45, 2.75) is 0 Å². The predicted molar refractivity (Wildman–Crippen MR) is 79.0 cm³/mol. The minimum absolute atomic E-state index is 0.264. The van der Waals surface area contributed by atoms with Gasteiger partial charge in [-0.15, -0.1) is 0 Å². The van der Waals surface area contributed by atoms with Crippen LogP contribution in [0.1, 0.15) is 20.7 Å². The van der Waals surface area contributed by atoms with Gasteiger partial charge < -0.3 is 16.0 Å². The molecule has 3 rings (SSSR count). The van der Waals surface area contributed by atoms with E-state index in [2.05, 4.69) is 15.3 Å². The van der Waals surface area contributed by atoms with Gasteiger partial charge >= 0.3 is 0 Å². The van der Waals surface area contributed by atoms with Gasteiger partial charge in [0.2, 0.25) is 0 Å². The molecule has 0 saturated carbocycles. The number of primary amides is 1. The van der Waals surface area contributed by atoms with Crippen LogP contribution < -0.4 is 11.1 Å². The summed E-state index contributed by atoms with van der Waals surface area (Å²) in [5.41, 5.74) is 7.71. The van der Waals surface area contributed by atoms with Crippen LogP contribution in [0.25, 0.3) is 11.0 Å². The maximum atomic E-state index is 12.4. The molecule has 2 aromatic carbocycles. The maximum Gasteiger partial charge on any atom is 0.257 e. The minimum Gasteiger partial charge on any atom is -0.366 e. The number of rotatable bonds is 3. The number of nitrogens with zero attached hydrogens (tertiary/aromatic N) is 1. The van der Waals surface area contributed by atoms with Crippen molar-refractivity contribution in [1.82, 2.24) is 9.97 Å². The summed E-state index contributed by atoms with van der Waals surface area (Å²) in [5, 5.41) is 2.70. The van der Waals surface area contributed by atoms with Gasteiger partial charge in [-0.2, -0.15) is 0 Å². The number of aromatic amines is 1. The number of nitrogens with one attached hydrogen (secondary N) is 2. The topological polar surface area (TPSA) is 101 Å². The molecule has 6 heteroatoms. The van der Waals surface area contributed by atoms with Crippen LogP contribution in [0.15, 0.2) is 48.8 Å². The fourth-order valence-electron chi connectivity index (χ4n) is 2.15. The molecule has 0 aliphatic rings. The third kappa shape index (κ3) is 2.34. The molecule has 0 saturated heterocycles. The number of anilines is 1. The summed E-state index contributed by atoms with van der Waals surface area (Å²) in [6.45, 7) is 0. The van der Waals surface area contributed by atoms with E-state index in [4.69, 9.17) is 5.73 Å². The van der Waals surface area contributed by atoms with Crippen LogP contribution in [0.5, 0.6) is 0 Å². The standard InChI is InChI=1S/C15H12N4O2/c16-14(20)9-4-1-2-6-11(9)19-15(21)10-5-3-7-12-13(10)18-8-17-12/h1-8H,(H2,16,20)(H,17,18)(H,19,21). The SMILES string of the molecule is NC(=O)c1ccccc1NC(=O)c1cccc2[nH]cnc12. The van der Waals surface area contributed by atoms with Crippen molar-refractivity contribution >= 4 is 28.5 Å². The Hall–Kier alpha value is -3.15. The molecular weight excluding hydrogens is 268 g/mol. The summed E-state index contributed by atoms with van der Waals surface area (Å²) in [5.74, 6) is -0.940. The van der Waals surface area contributed by atoms with Crippen molar-refractivity contribution in [2.75, 3.05) is 5.32 Å². The third-order valence-electron chi connectivity index (χ3n) is 3.14. The van der Waals surface area contributed by atoms with Crippen LogP contribution in [-0.4, -0.2) is 21.8 Å². The second-order valence-corrected chi connectivity index (χ2v) is 4.47. The first-order valence-electron chi connectivity index (χ1n) is 6.29. The van der Waals surface area contributed by atoms with Crippen molar-refractivity contribution in [3.63, 3.8) is 0 Å². The maximum absolute atomic E-state index is 12.4. The average Bonchev–Trinajstić information content (AvgIpc) is 2.95. The molecule has 2 amide bonds. The molecule has 0 radical (unpaired) electrons. The lowest BCUT2D eigenvalue weighted by Gasteiger charge is -2.09. The Labute approximate surface area is 120 Å². The first-order valence-corrected chi connectivity index (χ1v) is 6.29. The Balaban J connectivity index is 1.97. The number of hydrogen-bond donors (Lipinski definition) is 3. The highest BCUT2D eigenvalue weighted by Crippen LogP contribution is 2.19. The van der Waals surface area contributed by atoms with E-state index >= 15 is 0 Å². The van der Waals surface area contributed by atoms with Gasteiger partial charge in [0.05, 0.1) is 28.7 Å². The quantitative estimate of drug-likeness (QED) is 0.683. The third-order valence-corrected chi connectivity index (χ3v) is 3.14. The molecule has 0 unspecified atom stereocenters. The first kappa shape index (κ1) is 12.9. The van der Waals surface area contributed by atoms with Crippen molar-refractivity contribution < 1.29 is 9.59 Å². The molecule has 1 heterocycles. The second kappa shape index (κ2) is 5.09. The number of H-pyrrole nitrogens is 1. The van der Waals surface area contributed by atoms with E-state index in [1.807, 2.05) is 6.07 Å². The fraction of sp³-hybridized carbons (Fsp3) is 0. The first-order chi connectivity index (χ1) is 10.2. The van der Waals surface area contributed by atoms with Crippen LogP contribution in [0.2, 0.25) is 0 Å². The molecule has 6 nitrogen and oxygen atoms in total. The van der Waals surface area contributed by atoms with Crippen LogP contribution in [0.4, 0.5) is 5.69 Å². The monoisotopic (exact) mass is 280 g/mol. The highest BCUT2D eigenvalue weighted by molar-refractivity contribution is 6.13. The molecule has 0 spiro atoms. The molecule has 104 valence electrons. The van der Waals surface area contributed by atoms with Crippen LogP contribution >= 0.6 is 0 Å². The van der Waals surface area contributed by atoms with Gasteiger partial charge in [-0.25, -0.2) is 4.98 Å². The van der Waals surface area contributed by atoms with Gasteiger partial charge in [0.1, 0.15) is 5.52 Å². The molecule has 3 aromatic rings. The van der Waals surface area contributed by atoms with Crippen molar-refractivity contribution in [3.05, 3.63) is 59.9 Å². The Kier molecular flexibility index (Phi) is 3.12. The number of nitrogens with two attached hydrogens (primary N) is 1. The van der Waals surface area contributed by atoms with Crippen molar-refractivity contribution in [1.29, 1.82) is 0 Å². The number of imidazole rings is 1. The van der Waals surface area contributed by atoms with E-state index < -0.39 is 5.91 Å². The Morgan fingerprint density at radius 1 is 1.05 bits per heavy atom. The van der Waals surface area contributed by atoms with Crippen molar-refractivity contribution in [3.8, 4) is 0 Å². The molecule has 1 aromatic heterocycles. The second-order valence-electron chi connectivity index (χ2n) is 4.47. The Bertz CT molecular complexity index is 838. The molecule has 0 atom stereocenters. The zero-order valence-electron chi connectivity index (χ0n) is 11.0. The molecule has 0 fully saturated rings. The highest BCUT2D eigenvalue weighted by atomic mass is 16.2. The smallest absolute Gasteiger partial charge is 0.257 e. The Morgan fingerprint density at radius 2 is 1.81 bits per heavy atom. The number of fused-ring (bicyclic) bond motifs is 1. The van der Waals surface area contributed by atoms with Gasteiger partial charge in [0.15, 0.2) is 0 Å². The summed E-state index contributed by atoms with van der Waals surface area (Å²) in [6.07, 6.45) is 1.53. The largest absolute Gasteiger partial charge is 0.366 e. The number of carbonyl (C=O) groups excluding carboxylic acids is 2.